The van der Waals surface area contributed by atoms with Crippen LogP contribution in [0.4, 0.5) is 0 Å². The summed E-state index contributed by atoms with van der Waals surface area (Å²) in [6.45, 7) is 5.64. The molecule has 11 heteroatoms. The molecule has 1 saturated heterocycles. The van der Waals surface area contributed by atoms with Gasteiger partial charge in [-0.1, -0.05) is 277 Å². The van der Waals surface area contributed by atoms with E-state index in [4.69, 9.17) is 14.2 Å². The minimum atomic E-state index is -1.63. The highest BCUT2D eigenvalue weighted by molar-refractivity contribution is 5.80. The predicted molar refractivity (Wildman–Crippen MR) is 361 cm³/mol. The van der Waals surface area contributed by atoms with Gasteiger partial charge >= 0.3 is 5.97 Å². The van der Waals surface area contributed by atoms with Crippen molar-refractivity contribution < 1.29 is 49.3 Å². The Hall–Kier alpha value is -3.94. The van der Waals surface area contributed by atoms with Gasteiger partial charge < -0.3 is 45.1 Å². The van der Waals surface area contributed by atoms with E-state index in [0.717, 1.165) is 154 Å². The van der Waals surface area contributed by atoms with Crippen LogP contribution in [0.25, 0.3) is 0 Å². The van der Waals surface area contributed by atoms with Crippen molar-refractivity contribution in [2.75, 3.05) is 13.2 Å². The third-order valence-corrected chi connectivity index (χ3v) is 15.6. The number of allylic oxidation sites excluding steroid dienone is 19. The first-order valence-electron chi connectivity index (χ1n) is 34.8. The van der Waals surface area contributed by atoms with Crippen molar-refractivity contribution in [2.45, 2.75) is 327 Å². The zero-order chi connectivity index (χ0) is 62.4. The molecule has 0 saturated carbocycles. The molecule has 11 nitrogen and oxygen atoms in total. The van der Waals surface area contributed by atoms with E-state index in [1.54, 1.807) is 6.08 Å². The summed E-state index contributed by atoms with van der Waals surface area (Å²) in [5, 5.41) is 57.2. The van der Waals surface area contributed by atoms with Crippen molar-refractivity contribution in [2.24, 2.45) is 0 Å². The van der Waals surface area contributed by atoms with Gasteiger partial charge in [0.25, 0.3) is 0 Å². The minimum Gasteiger partial charge on any atom is -0.454 e. The maximum atomic E-state index is 13.5. The molecule has 8 unspecified atom stereocenters. The average molecular weight is 1200 g/mol. The molecular formula is C75H127NO10. The van der Waals surface area contributed by atoms with Gasteiger partial charge in [-0.05, 0) is 116 Å². The summed E-state index contributed by atoms with van der Waals surface area (Å²) in [5.41, 5.74) is 0. The van der Waals surface area contributed by atoms with Crippen LogP contribution >= 0.6 is 0 Å². The molecule has 0 spiro atoms. The van der Waals surface area contributed by atoms with E-state index in [1.165, 1.54) is 77.0 Å². The van der Waals surface area contributed by atoms with Crippen molar-refractivity contribution >= 4 is 11.9 Å². The SMILES string of the molecule is CC/C=C\C/C=C\C/C=C\C/C=C\C/C=C\C/C=C\CCCCCCCCCC(O)C(=O)NC(COC1OC(CO)C(O)C(O)C1OC(=O)CCCCCCCC/C=C\C/C=C\C/C=C\CCCCC)C(O)/C=C/CCCCCCCCCCCC. The molecule has 0 aromatic carbocycles. The summed E-state index contributed by atoms with van der Waals surface area (Å²) >= 11 is 0. The highest BCUT2D eigenvalue weighted by Gasteiger charge is 2.47. The minimum absolute atomic E-state index is 0.102. The van der Waals surface area contributed by atoms with Crippen LogP contribution in [0.2, 0.25) is 0 Å². The Balaban J connectivity index is 2.62. The first-order chi connectivity index (χ1) is 42.2. The Morgan fingerprint density at radius 1 is 0.465 bits per heavy atom. The standard InChI is InChI=1S/C75H127NO10/c1-4-7-10-13-16-19-22-25-27-29-31-32-33-34-35-36-37-39-40-42-44-47-50-53-56-59-62-68(79)74(83)76-66(67(78)61-58-55-52-49-46-24-21-18-15-12-9-6-3)65-84-75-73(72(82)71(81)69(64-77)85-75)86-70(80)63-60-57-54-51-48-45-43-41-38-30-28-26-23-20-17-14-11-8-5-2/h7,10,16-17,19-20,25-28,31-32,34-35,37-39,41,58,61,66-69,71-73,75,77-79,81-82H,4-6,8-9,11-15,18,21-24,29-30,33,36,40,42-57,59-60,62-65H2,1-3H3,(H,76,83)/b10-7-,19-16-,20-17-,27-25-,28-26-,32-31-,35-34-,39-37-,41-38-,61-58+. The van der Waals surface area contributed by atoms with Crippen LogP contribution in [-0.4, -0.2) is 99.6 Å². The number of amides is 1. The van der Waals surface area contributed by atoms with Crippen molar-refractivity contribution in [3.63, 3.8) is 0 Å². The van der Waals surface area contributed by atoms with E-state index in [9.17, 15) is 35.1 Å². The number of unbranched alkanes of at least 4 members (excludes halogenated alkanes) is 26. The average Bonchev–Trinajstić information content (AvgIpc) is 3.68. The molecular weight excluding hydrogens is 1070 g/mol. The summed E-state index contributed by atoms with van der Waals surface area (Å²) in [6, 6.07) is -1.04. The molecule has 1 aliphatic rings. The molecule has 492 valence electrons. The summed E-state index contributed by atoms with van der Waals surface area (Å²) in [7, 11) is 0. The Bertz CT molecular complexity index is 1860. The third kappa shape index (κ3) is 48.0. The summed E-state index contributed by atoms with van der Waals surface area (Å²) in [6.07, 6.45) is 75.1. The molecule has 0 bridgehead atoms. The number of esters is 1. The molecule has 8 atom stereocenters. The van der Waals surface area contributed by atoms with Gasteiger partial charge in [0.05, 0.1) is 25.4 Å². The fourth-order valence-corrected chi connectivity index (χ4v) is 10.1. The van der Waals surface area contributed by atoms with Gasteiger partial charge in [0.15, 0.2) is 12.4 Å². The van der Waals surface area contributed by atoms with Gasteiger partial charge in [0.2, 0.25) is 5.91 Å². The van der Waals surface area contributed by atoms with Crippen LogP contribution in [0, 0.1) is 0 Å². The fraction of sp³-hybridized carbons (Fsp3) is 0.707. The Labute approximate surface area is 525 Å². The Morgan fingerprint density at radius 2 is 0.837 bits per heavy atom. The van der Waals surface area contributed by atoms with Crippen molar-refractivity contribution in [3.8, 4) is 0 Å². The lowest BCUT2D eigenvalue weighted by Crippen LogP contribution is -2.61. The van der Waals surface area contributed by atoms with Crippen LogP contribution in [0.1, 0.15) is 278 Å². The Morgan fingerprint density at radius 3 is 1.28 bits per heavy atom. The lowest BCUT2D eigenvalue weighted by molar-refractivity contribution is -0.305. The summed E-state index contributed by atoms with van der Waals surface area (Å²) in [4.78, 5) is 26.7. The van der Waals surface area contributed by atoms with Crippen molar-refractivity contribution in [1.82, 2.24) is 5.32 Å². The third-order valence-electron chi connectivity index (χ3n) is 15.6. The van der Waals surface area contributed by atoms with Gasteiger partial charge in [-0.3, -0.25) is 9.59 Å². The number of rotatable bonds is 58. The lowest BCUT2D eigenvalue weighted by atomic mass is 9.99. The Kier molecular flexibility index (Phi) is 57.1. The van der Waals surface area contributed by atoms with Crippen LogP contribution < -0.4 is 5.32 Å². The van der Waals surface area contributed by atoms with Gasteiger partial charge in [-0.25, -0.2) is 0 Å². The molecule has 6 N–H and O–H groups in total. The monoisotopic (exact) mass is 1200 g/mol. The van der Waals surface area contributed by atoms with E-state index < -0.39 is 67.4 Å². The number of aliphatic hydroxyl groups is 5. The highest BCUT2D eigenvalue weighted by Crippen LogP contribution is 2.26. The lowest BCUT2D eigenvalue weighted by Gasteiger charge is -2.41. The highest BCUT2D eigenvalue weighted by atomic mass is 16.7. The number of hydrogen-bond donors (Lipinski definition) is 6. The molecule has 0 aliphatic carbocycles. The molecule has 1 aliphatic heterocycles. The zero-order valence-electron chi connectivity index (χ0n) is 54.6. The molecule has 1 rings (SSSR count). The van der Waals surface area contributed by atoms with Gasteiger partial charge in [0, 0.05) is 6.42 Å². The van der Waals surface area contributed by atoms with E-state index >= 15 is 0 Å². The second kappa shape index (κ2) is 61.3. The summed E-state index contributed by atoms with van der Waals surface area (Å²) in [5.74, 6) is -1.22. The molecule has 0 aromatic rings. The maximum absolute atomic E-state index is 13.5. The number of carbonyl (C=O) groups excluding carboxylic acids is 2. The van der Waals surface area contributed by atoms with Crippen LogP contribution in [0.3, 0.4) is 0 Å². The smallest absolute Gasteiger partial charge is 0.306 e. The predicted octanol–water partition coefficient (Wildman–Crippen LogP) is 17.8. The van der Waals surface area contributed by atoms with Crippen molar-refractivity contribution in [3.05, 3.63) is 122 Å². The quantitative estimate of drug-likeness (QED) is 0.0195. The second-order valence-corrected chi connectivity index (χ2v) is 23.5. The number of ether oxygens (including phenoxy) is 3. The van der Waals surface area contributed by atoms with E-state index in [-0.39, 0.29) is 19.4 Å². The first-order valence-corrected chi connectivity index (χ1v) is 34.8. The van der Waals surface area contributed by atoms with E-state index in [1.807, 2.05) is 6.08 Å². The number of nitrogens with one attached hydrogen (secondary N) is 1. The number of carbonyl (C=O) groups is 2. The molecule has 0 aromatic heterocycles. The van der Waals surface area contributed by atoms with Gasteiger partial charge in [0.1, 0.15) is 24.4 Å². The molecule has 1 heterocycles. The first kappa shape index (κ1) is 80.1. The summed E-state index contributed by atoms with van der Waals surface area (Å²) < 4.78 is 17.7. The van der Waals surface area contributed by atoms with E-state index in [0.29, 0.717) is 12.8 Å². The van der Waals surface area contributed by atoms with E-state index in [2.05, 4.69) is 135 Å². The molecule has 0 radical (unpaired) electrons. The largest absolute Gasteiger partial charge is 0.454 e. The maximum Gasteiger partial charge on any atom is 0.306 e. The molecule has 86 heavy (non-hydrogen) atoms. The topological polar surface area (TPSA) is 175 Å². The van der Waals surface area contributed by atoms with Gasteiger partial charge in [-0.15, -0.1) is 0 Å². The van der Waals surface area contributed by atoms with Crippen LogP contribution in [0.15, 0.2) is 122 Å². The van der Waals surface area contributed by atoms with Crippen LogP contribution in [0.5, 0.6) is 0 Å². The normalized spacial score (nSPS) is 19.1. The number of aliphatic hydroxyl groups excluding tert-OH is 5. The fourth-order valence-electron chi connectivity index (χ4n) is 10.1. The number of hydrogen-bond acceptors (Lipinski definition) is 10. The second-order valence-electron chi connectivity index (χ2n) is 23.5. The molecule has 1 fully saturated rings. The van der Waals surface area contributed by atoms with Crippen molar-refractivity contribution in [1.29, 1.82) is 0 Å². The van der Waals surface area contributed by atoms with Gasteiger partial charge in [-0.2, -0.15) is 0 Å². The van der Waals surface area contributed by atoms with Crippen LogP contribution in [-0.2, 0) is 23.8 Å². The molecule has 1 amide bonds. The zero-order valence-corrected chi connectivity index (χ0v) is 54.6.